The summed E-state index contributed by atoms with van der Waals surface area (Å²) in [6.07, 6.45) is -0.319. The van der Waals surface area contributed by atoms with Crippen molar-refractivity contribution >= 4 is 11.8 Å². The topological polar surface area (TPSA) is 74.6 Å². The third kappa shape index (κ3) is 3.03. The molecule has 0 aliphatic carbocycles. The molecule has 0 amide bonds. The highest BCUT2D eigenvalue weighted by Crippen LogP contribution is 2.21. The van der Waals surface area contributed by atoms with E-state index in [0.29, 0.717) is 11.1 Å². The molecule has 0 aromatic heterocycles. The number of ketones is 1. The molecule has 2 N–H and O–H groups in total. The summed E-state index contributed by atoms with van der Waals surface area (Å²) in [7, 11) is 0. The number of hydrogen-bond acceptors (Lipinski definition) is 3. The third-order valence-electron chi connectivity index (χ3n) is 3.00. The SMILES string of the molecule is Cc1ccc(C(=O)c2ccc(O)c(CC(=O)O)c2)cc1. The minimum atomic E-state index is -1.06. The van der Waals surface area contributed by atoms with Crippen LogP contribution in [0.3, 0.4) is 0 Å². The molecule has 0 radical (unpaired) electrons. The van der Waals surface area contributed by atoms with Crippen molar-refractivity contribution in [3.05, 3.63) is 64.7 Å². The molecular weight excluding hydrogens is 256 g/mol. The fourth-order valence-electron chi connectivity index (χ4n) is 1.90. The fraction of sp³-hybridized carbons (Fsp3) is 0.125. The summed E-state index contributed by atoms with van der Waals surface area (Å²) in [6, 6.07) is 11.4. The van der Waals surface area contributed by atoms with Crippen molar-refractivity contribution in [3.63, 3.8) is 0 Å². The summed E-state index contributed by atoms with van der Waals surface area (Å²) in [5, 5.41) is 18.4. The summed E-state index contributed by atoms with van der Waals surface area (Å²) >= 11 is 0. The zero-order chi connectivity index (χ0) is 14.7. The average molecular weight is 270 g/mol. The van der Waals surface area contributed by atoms with Crippen LogP contribution < -0.4 is 0 Å². The number of hydrogen-bond donors (Lipinski definition) is 2. The van der Waals surface area contributed by atoms with Gasteiger partial charge in [-0.1, -0.05) is 29.8 Å². The van der Waals surface area contributed by atoms with Gasteiger partial charge in [0.05, 0.1) is 6.42 Å². The monoisotopic (exact) mass is 270 g/mol. The maximum atomic E-state index is 12.3. The Hall–Kier alpha value is -2.62. The van der Waals surface area contributed by atoms with Gasteiger partial charge in [0.1, 0.15) is 5.75 Å². The van der Waals surface area contributed by atoms with Crippen LogP contribution in [0, 0.1) is 6.92 Å². The summed E-state index contributed by atoms with van der Waals surface area (Å²) < 4.78 is 0. The maximum Gasteiger partial charge on any atom is 0.307 e. The summed E-state index contributed by atoms with van der Waals surface area (Å²) in [5.41, 5.74) is 2.18. The van der Waals surface area contributed by atoms with E-state index < -0.39 is 5.97 Å². The maximum absolute atomic E-state index is 12.3. The van der Waals surface area contributed by atoms with E-state index in [1.54, 1.807) is 12.1 Å². The second-order valence-corrected chi connectivity index (χ2v) is 4.61. The summed E-state index contributed by atoms with van der Waals surface area (Å²) in [4.78, 5) is 23.0. The number of aryl methyl sites for hydroxylation is 1. The van der Waals surface area contributed by atoms with Crippen LogP contribution in [0.1, 0.15) is 27.0 Å². The van der Waals surface area contributed by atoms with Gasteiger partial charge in [-0.2, -0.15) is 0 Å². The molecule has 2 aromatic rings. The first kappa shape index (κ1) is 13.8. The van der Waals surface area contributed by atoms with Crippen molar-refractivity contribution in [3.8, 4) is 5.75 Å². The largest absolute Gasteiger partial charge is 0.508 e. The number of phenolic OH excluding ortho intramolecular Hbond substituents is 1. The lowest BCUT2D eigenvalue weighted by molar-refractivity contribution is -0.136. The van der Waals surface area contributed by atoms with E-state index in [1.165, 1.54) is 18.2 Å². The number of benzene rings is 2. The number of aromatic hydroxyl groups is 1. The van der Waals surface area contributed by atoms with Crippen molar-refractivity contribution in [2.75, 3.05) is 0 Å². The highest BCUT2D eigenvalue weighted by atomic mass is 16.4. The zero-order valence-corrected chi connectivity index (χ0v) is 11.0. The van der Waals surface area contributed by atoms with Crippen molar-refractivity contribution in [1.29, 1.82) is 0 Å². The van der Waals surface area contributed by atoms with Gasteiger partial charge in [-0.25, -0.2) is 0 Å². The molecule has 0 bridgehead atoms. The Kier molecular flexibility index (Phi) is 3.84. The van der Waals surface area contributed by atoms with E-state index in [0.717, 1.165) is 5.56 Å². The van der Waals surface area contributed by atoms with Gasteiger partial charge in [-0.3, -0.25) is 9.59 Å². The second kappa shape index (κ2) is 5.57. The normalized spacial score (nSPS) is 10.2. The van der Waals surface area contributed by atoms with Gasteiger partial charge in [0.25, 0.3) is 0 Å². The first-order valence-corrected chi connectivity index (χ1v) is 6.12. The van der Waals surface area contributed by atoms with Crippen LogP contribution in [0.25, 0.3) is 0 Å². The molecule has 0 unspecified atom stereocenters. The molecule has 20 heavy (non-hydrogen) atoms. The average Bonchev–Trinajstić information content (AvgIpc) is 2.41. The Bertz CT molecular complexity index is 657. The molecule has 4 nitrogen and oxygen atoms in total. The van der Waals surface area contributed by atoms with Crippen LogP contribution in [-0.2, 0) is 11.2 Å². The fourth-order valence-corrected chi connectivity index (χ4v) is 1.90. The number of phenols is 1. The number of aliphatic carboxylic acids is 1. The molecule has 0 atom stereocenters. The lowest BCUT2D eigenvalue weighted by Crippen LogP contribution is -2.05. The molecule has 4 heteroatoms. The van der Waals surface area contributed by atoms with Crippen molar-refractivity contribution in [2.45, 2.75) is 13.3 Å². The molecule has 0 spiro atoms. The van der Waals surface area contributed by atoms with Crippen molar-refractivity contribution < 1.29 is 19.8 Å². The lowest BCUT2D eigenvalue weighted by atomic mass is 9.99. The number of rotatable bonds is 4. The van der Waals surface area contributed by atoms with Gasteiger partial charge in [0.2, 0.25) is 0 Å². The summed E-state index contributed by atoms with van der Waals surface area (Å²) in [6.45, 7) is 1.93. The van der Waals surface area contributed by atoms with Gasteiger partial charge in [-0.15, -0.1) is 0 Å². The van der Waals surface area contributed by atoms with Gasteiger partial charge >= 0.3 is 5.97 Å². The van der Waals surface area contributed by atoms with E-state index in [9.17, 15) is 14.7 Å². The highest BCUT2D eigenvalue weighted by Gasteiger charge is 2.13. The number of carboxylic acid groups (broad SMARTS) is 1. The summed E-state index contributed by atoms with van der Waals surface area (Å²) in [5.74, 6) is -1.37. The molecule has 2 rings (SSSR count). The van der Waals surface area contributed by atoms with E-state index in [2.05, 4.69) is 0 Å². The Morgan fingerprint density at radius 3 is 2.20 bits per heavy atom. The molecular formula is C16H14O4. The molecule has 0 saturated heterocycles. The Labute approximate surface area is 116 Å². The number of carbonyl (C=O) groups excluding carboxylic acids is 1. The standard InChI is InChI=1S/C16H14O4/c1-10-2-4-11(5-3-10)16(20)12-6-7-14(17)13(8-12)9-15(18)19/h2-8,17H,9H2,1H3,(H,18,19). The Balaban J connectivity index is 2.35. The van der Waals surface area contributed by atoms with Crippen LogP contribution >= 0.6 is 0 Å². The van der Waals surface area contributed by atoms with Gasteiger partial charge in [-0.05, 0) is 25.1 Å². The smallest absolute Gasteiger partial charge is 0.307 e. The van der Waals surface area contributed by atoms with Crippen LogP contribution in [-0.4, -0.2) is 22.0 Å². The molecule has 0 heterocycles. The van der Waals surface area contributed by atoms with E-state index in [1.807, 2.05) is 19.1 Å². The molecule has 2 aromatic carbocycles. The van der Waals surface area contributed by atoms with Crippen molar-refractivity contribution in [2.24, 2.45) is 0 Å². The van der Waals surface area contributed by atoms with Crippen LogP contribution in [0.5, 0.6) is 5.75 Å². The highest BCUT2D eigenvalue weighted by molar-refractivity contribution is 6.09. The van der Waals surface area contributed by atoms with E-state index in [4.69, 9.17) is 5.11 Å². The molecule has 0 aliphatic heterocycles. The minimum Gasteiger partial charge on any atom is -0.508 e. The predicted molar refractivity (Wildman–Crippen MR) is 74.1 cm³/mol. The van der Waals surface area contributed by atoms with Gasteiger partial charge in [0.15, 0.2) is 5.78 Å². The molecule has 0 aliphatic rings. The van der Waals surface area contributed by atoms with E-state index in [-0.39, 0.29) is 23.5 Å². The first-order valence-electron chi connectivity index (χ1n) is 6.12. The molecule has 0 fully saturated rings. The Morgan fingerprint density at radius 1 is 1.00 bits per heavy atom. The Morgan fingerprint density at radius 2 is 1.60 bits per heavy atom. The van der Waals surface area contributed by atoms with Crippen LogP contribution in [0.2, 0.25) is 0 Å². The zero-order valence-electron chi connectivity index (χ0n) is 11.0. The predicted octanol–water partition coefficient (Wildman–Crippen LogP) is 2.56. The van der Waals surface area contributed by atoms with Crippen LogP contribution in [0.15, 0.2) is 42.5 Å². The number of carboxylic acids is 1. The van der Waals surface area contributed by atoms with Crippen molar-refractivity contribution in [1.82, 2.24) is 0 Å². The quantitative estimate of drug-likeness (QED) is 0.837. The third-order valence-corrected chi connectivity index (χ3v) is 3.00. The van der Waals surface area contributed by atoms with Gasteiger partial charge < -0.3 is 10.2 Å². The van der Waals surface area contributed by atoms with E-state index >= 15 is 0 Å². The second-order valence-electron chi connectivity index (χ2n) is 4.61. The molecule has 102 valence electrons. The number of carbonyl (C=O) groups is 2. The lowest BCUT2D eigenvalue weighted by Gasteiger charge is -2.06. The van der Waals surface area contributed by atoms with Gasteiger partial charge in [0, 0.05) is 16.7 Å². The van der Waals surface area contributed by atoms with Crippen LogP contribution in [0.4, 0.5) is 0 Å². The first-order chi connectivity index (χ1) is 9.47. The minimum absolute atomic E-state index is 0.118. The molecule has 0 saturated carbocycles.